The summed E-state index contributed by atoms with van der Waals surface area (Å²) in [6.45, 7) is 0. The minimum atomic E-state index is 0.684. The molecule has 2 rings (SSSR count). The molecule has 0 unspecified atom stereocenters. The van der Waals surface area contributed by atoms with Gasteiger partial charge in [-0.15, -0.1) is 11.8 Å². The van der Waals surface area contributed by atoms with E-state index in [0.717, 1.165) is 20.7 Å². The number of halogens is 2. The van der Waals surface area contributed by atoms with E-state index in [9.17, 15) is 0 Å². The van der Waals surface area contributed by atoms with Gasteiger partial charge in [-0.3, -0.25) is 4.98 Å². The number of pyridine rings is 1. The molecule has 0 atom stereocenters. The molecule has 0 saturated carbocycles. The monoisotopic (exact) mass is 328 g/mol. The van der Waals surface area contributed by atoms with Crippen LogP contribution < -0.4 is 5.73 Å². The van der Waals surface area contributed by atoms with Crippen molar-refractivity contribution in [2.45, 2.75) is 10.6 Å². The maximum Gasteiger partial charge on any atom is 0.0562 e. The highest BCUT2D eigenvalue weighted by Gasteiger charge is 2.02. The predicted octanol–water partition coefficient (Wildman–Crippen LogP) is 4.37. The number of rotatable bonds is 3. The number of benzene rings is 1. The van der Waals surface area contributed by atoms with Gasteiger partial charge in [-0.1, -0.05) is 11.6 Å². The summed E-state index contributed by atoms with van der Waals surface area (Å²) in [6, 6.07) is 7.61. The highest BCUT2D eigenvalue weighted by Crippen LogP contribution is 2.31. The number of nitrogens with two attached hydrogens (primary N) is 1. The standard InChI is InChI=1S/C12H10BrClN2S/c13-9-3-8(5-16-6-9)7-17-12-2-1-10(15)4-11(12)14/h1-6H,7,15H2. The lowest BCUT2D eigenvalue weighted by Gasteiger charge is -2.05. The quantitative estimate of drug-likeness (QED) is 0.671. The summed E-state index contributed by atoms with van der Waals surface area (Å²) in [4.78, 5) is 5.15. The van der Waals surface area contributed by atoms with Gasteiger partial charge in [0.25, 0.3) is 0 Å². The molecule has 88 valence electrons. The van der Waals surface area contributed by atoms with Crippen molar-refractivity contribution in [1.29, 1.82) is 0 Å². The van der Waals surface area contributed by atoms with Crippen LogP contribution in [-0.4, -0.2) is 4.98 Å². The molecule has 2 nitrogen and oxygen atoms in total. The van der Waals surface area contributed by atoms with Gasteiger partial charge in [0.2, 0.25) is 0 Å². The van der Waals surface area contributed by atoms with E-state index in [4.69, 9.17) is 17.3 Å². The number of hydrogen-bond acceptors (Lipinski definition) is 3. The molecular weight excluding hydrogens is 320 g/mol. The third-order valence-electron chi connectivity index (χ3n) is 2.11. The molecule has 0 fully saturated rings. The van der Waals surface area contributed by atoms with Crippen LogP contribution in [0.5, 0.6) is 0 Å². The minimum Gasteiger partial charge on any atom is -0.399 e. The topological polar surface area (TPSA) is 38.9 Å². The van der Waals surface area contributed by atoms with Crippen LogP contribution in [0.2, 0.25) is 5.02 Å². The SMILES string of the molecule is Nc1ccc(SCc2cncc(Br)c2)c(Cl)c1. The average Bonchev–Trinajstić information content (AvgIpc) is 2.28. The fourth-order valence-corrected chi connectivity index (χ4v) is 2.94. The van der Waals surface area contributed by atoms with Crippen molar-refractivity contribution in [3.8, 4) is 0 Å². The van der Waals surface area contributed by atoms with Crippen LogP contribution in [0.25, 0.3) is 0 Å². The number of thioether (sulfide) groups is 1. The van der Waals surface area contributed by atoms with Crippen molar-refractivity contribution in [3.63, 3.8) is 0 Å². The van der Waals surface area contributed by atoms with Gasteiger partial charge < -0.3 is 5.73 Å². The zero-order valence-electron chi connectivity index (χ0n) is 8.86. The highest BCUT2D eigenvalue weighted by molar-refractivity contribution is 9.10. The summed E-state index contributed by atoms with van der Waals surface area (Å²) >= 11 is 11.2. The summed E-state index contributed by atoms with van der Waals surface area (Å²) in [5, 5.41) is 0.693. The molecular formula is C12H10BrClN2S. The summed E-state index contributed by atoms with van der Waals surface area (Å²) in [6.07, 6.45) is 3.62. The molecule has 0 radical (unpaired) electrons. The van der Waals surface area contributed by atoms with Gasteiger partial charge in [-0.25, -0.2) is 0 Å². The Bertz CT molecular complexity index is 534. The van der Waals surface area contributed by atoms with E-state index >= 15 is 0 Å². The highest BCUT2D eigenvalue weighted by atomic mass is 79.9. The largest absolute Gasteiger partial charge is 0.399 e. The number of hydrogen-bond donors (Lipinski definition) is 1. The molecule has 0 amide bonds. The third-order valence-corrected chi connectivity index (χ3v) is 4.11. The normalized spacial score (nSPS) is 10.5. The van der Waals surface area contributed by atoms with Crippen molar-refractivity contribution < 1.29 is 0 Å². The second-order valence-corrected chi connectivity index (χ2v) is 5.83. The van der Waals surface area contributed by atoms with Crippen molar-refractivity contribution >= 4 is 45.0 Å². The Morgan fingerprint density at radius 2 is 2.12 bits per heavy atom. The number of anilines is 1. The van der Waals surface area contributed by atoms with E-state index in [1.54, 1.807) is 24.0 Å². The van der Waals surface area contributed by atoms with Gasteiger partial charge in [0, 0.05) is 33.2 Å². The lowest BCUT2D eigenvalue weighted by atomic mass is 10.3. The van der Waals surface area contributed by atoms with Gasteiger partial charge in [0.05, 0.1) is 5.02 Å². The molecule has 1 aromatic carbocycles. The van der Waals surface area contributed by atoms with Crippen LogP contribution in [0, 0.1) is 0 Å². The van der Waals surface area contributed by atoms with E-state index in [-0.39, 0.29) is 0 Å². The molecule has 0 aliphatic rings. The summed E-state index contributed by atoms with van der Waals surface area (Å²) in [5.74, 6) is 0.829. The first kappa shape index (κ1) is 12.7. The molecule has 0 aliphatic carbocycles. The van der Waals surface area contributed by atoms with E-state index in [0.29, 0.717) is 10.7 Å². The van der Waals surface area contributed by atoms with Crippen molar-refractivity contribution in [1.82, 2.24) is 4.98 Å². The Labute approximate surface area is 118 Å². The average molecular weight is 330 g/mol. The maximum atomic E-state index is 6.10. The number of nitrogen functional groups attached to an aromatic ring is 1. The molecule has 2 N–H and O–H groups in total. The lowest BCUT2D eigenvalue weighted by molar-refractivity contribution is 1.23. The van der Waals surface area contributed by atoms with Crippen LogP contribution in [0.4, 0.5) is 5.69 Å². The summed E-state index contributed by atoms with van der Waals surface area (Å²) in [5.41, 5.74) is 7.48. The molecule has 1 heterocycles. The Kier molecular flexibility index (Phi) is 4.31. The molecule has 1 aromatic heterocycles. The Morgan fingerprint density at radius 3 is 2.82 bits per heavy atom. The van der Waals surface area contributed by atoms with Crippen LogP contribution >= 0.6 is 39.3 Å². The fourth-order valence-electron chi connectivity index (χ4n) is 1.33. The fraction of sp³-hybridized carbons (Fsp3) is 0.0833. The zero-order valence-corrected chi connectivity index (χ0v) is 12.0. The van der Waals surface area contributed by atoms with Gasteiger partial charge in [-0.05, 0) is 45.8 Å². The molecule has 0 saturated heterocycles. The maximum absolute atomic E-state index is 6.10. The molecule has 0 bridgehead atoms. The van der Waals surface area contributed by atoms with E-state index in [2.05, 4.69) is 20.9 Å². The smallest absolute Gasteiger partial charge is 0.0562 e. The second kappa shape index (κ2) is 5.76. The van der Waals surface area contributed by atoms with Crippen LogP contribution in [0.3, 0.4) is 0 Å². The van der Waals surface area contributed by atoms with Crippen LogP contribution in [0.1, 0.15) is 5.56 Å². The van der Waals surface area contributed by atoms with Crippen molar-refractivity contribution in [2.75, 3.05) is 5.73 Å². The Morgan fingerprint density at radius 1 is 1.29 bits per heavy atom. The molecule has 5 heteroatoms. The van der Waals surface area contributed by atoms with E-state index in [1.165, 1.54) is 0 Å². The van der Waals surface area contributed by atoms with E-state index in [1.807, 2.05) is 24.4 Å². The van der Waals surface area contributed by atoms with Gasteiger partial charge in [0.1, 0.15) is 0 Å². The van der Waals surface area contributed by atoms with Crippen molar-refractivity contribution in [2.24, 2.45) is 0 Å². The first-order chi connectivity index (χ1) is 8.15. The lowest BCUT2D eigenvalue weighted by Crippen LogP contribution is -1.86. The molecule has 17 heavy (non-hydrogen) atoms. The van der Waals surface area contributed by atoms with Crippen LogP contribution in [0.15, 0.2) is 46.0 Å². The first-order valence-corrected chi connectivity index (χ1v) is 7.08. The second-order valence-electron chi connectivity index (χ2n) is 3.49. The van der Waals surface area contributed by atoms with Gasteiger partial charge in [0.15, 0.2) is 0 Å². The minimum absolute atomic E-state index is 0.684. The predicted molar refractivity (Wildman–Crippen MR) is 77.4 cm³/mol. The summed E-state index contributed by atoms with van der Waals surface area (Å²) < 4.78 is 0.985. The number of aromatic nitrogens is 1. The van der Waals surface area contributed by atoms with Crippen molar-refractivity contribution in [3.05, 3.63) is 51.7 Å². The molecule has 0 aliphatic heterocycles. The van der Waals surface area contributed by atoms with Gasteiger partial charge >= 0.3 is 0 Å². The zero-order chi connectivity index (χ0) is 12.3. The van der Waals surface area contributed by atoms with Gasteiger partial charge in [-0.2, -0.15) is 0 Å². The van der Waals surface area contributed by atoms with E-state index < -0.39 is 0 Å². The number of nitrogens with zero attached hydrogens (tertiary/aromatic N) is 1. The molecule has 0 spiro atoms. The summed E-state index contributed by atoms with van der Waals surface area (Å²) in [7, 11) is 0. The van der Waals surface area contributed by atoms with Crippen LogP contribution in [-0.2, 0) is 5.75 Å². The first-order valence-electron chi connectivity index (χ1n) is 4.92. The molecule has 2 aromatic rings. The third kappa shape index (κ3) is 3.63. The Balaban J connectivity index is 2.07. The Hall–Kier alpha value is -0.710.